The number of nitrogens with one attached hydrogen (secondary N) is 1. The molecule has 1 amide bonds. The number of hydrogen-bond acceptors (Lipinski definition) is 4. The van der Waals surface area contributed by atoms with E-state index in [0.29, 0.717) is 6.54 Å². The number of benzene rings is 1. The number of rotatable bonds is 5. The van der Waals surface area contributed by atoms with Gasteiger partial charge in [0.15, 0.2) is 0 Å². The van der Waals surface area contributed by atoms with E-state index < -0.39 is 0 Å². The summed E-state index contributed by atoms with van der Waals surface area (Å²) < 4.78 is 0. The highest BCUT2D eigenvalue weighted by Crippen LogP contribution is 2.20. The summed E-state index contributed by atoms with van der Waals surface area (Å²) in [5.41, 5.74) is 7.38. The standard InChI is InChI=1S/C16H25N3O2/c1-12(19-9-3-2-4-15(19)11-20)16(21)18-14-7-5-13(10-17)6-8-14/h5-8,12,15,20H,2-4,9-11,17H2,1H3,(H,18,21). The molecule has 0 aromatic heterocycles. The summed E-state index contributed by atoms with van der Waals surface area (Å²) in [7, 11) is 0. The van der Waals surface area contributed by atoms with Crippen LogP contribution in [0.2, 0.25) is 0 Å². The predicted octanol–water partition coefficient (Wildman–Crippen LogP) is 1.32. The maximum atomic E-state index is 12.4. The van der Waals surface area contributed by atoms with Gasteiger partial charge in [-0.15, -0.1) is 0 Å². The topological polar surface area (TPSA) is 78.6 Å². The molecule has 2 rings (SSSR count). The minimum atomic E-state index is -0.239. The van der Waals surface area contributed by atoms with Gasteiger partial charge in [0.25, 0.3) is 0 Å². The Balaban J connectivity index is 1.97. The predicted molar refractivity (Wildman–Crippen MR) is 83.9 cm³/mol. The summed E-state index contributed by atoms with van der Waals surface area (Å²) in [5.74, 6) is -0.0316. The van der Waals surface area contributed by atoms with Crippen LogP contribution in [0.4, 0.5) is 5.69 Å². The monoisotopic (exact) mass is 291 g/mol. The quantitative estimate of drug-likeness (QED) is 0.764. The van der Waals surface area contributed by atoms with Crippen molar-refractivity contribution in [1.29, 1.82) is 0 Å². The van der Waals surface area contributed by atoms with Gasteiger partial charge in [-0.3, -0.25) is 9.69 Å². The summed E-state index contributed by atoms with van der Waals surface area (Å²) in [5, 5.41) is 12.4. The maximum Gasteiger partial charge on any atom is 0.241 e. The second-order valence-corrected chi connectivity index (χ2v) is 5.64. The van der Waals surface area contributed by atoms with Crippen molar-refractivity contribution in [3.05, 3.63) is 29.8 Å². The number of likely N-dealkylation sites (tertiary alicyclic amines) is 1. The van der Waals surface area contributed by atoms with E-state index in [9.17, 15) is 9.90 Å². The smallest absolute Gasteiger partial charge is 0.241 e. The maximum absolute atomic E-state index is 12.4. The number of anilines is 1. The van der Waals surface area contributed by atoms with E-state index in [0.717, 1.165) is 37.1 Å². The lowest BCUT2D eigenvalue weighted by molar-refractivity contribution is -0.122. The Hall–Kier alpha value is -1.43. The second kappa shape index (κ2) is 7.54. The lowest BCUT2D eigenvalue weighted by Gasteiger charge is -2.38. The van der Waals surface area contributed by atoms with Crippen LogP contribution in [0.5, 0.6) is 0 Å². The number of nitrogens with zero attached hydrogens (tertiary/aromatic N) is 1. The SMILES string of the molecule is CC(C(=O)Nc1ccc(CN)cc1)N1CCCCC1CO. The van der Waals surface area contributed by atoms with E-state index >= 15 is 0 Å². The average Bonchev–Trinajstić information content (AvgIpc) is 2.54. The zero-order valence-corrected chi connectivity index (χ0v) is 12.6. The zero-order chi connectivity index (χ0) is 15.2. The molecule has 1 aliphatic heterocycles. The first-order chi connectivity index (χ1) is 10.2. The third kappa shape index (κ3) is 4.03. The molecule has 21 heavy (non-hydrogen) atoms. The van der Waals surface area contributed by atoms with Gasteiger partial charge in [-0.1, -0.05) is 18.6 Å². The molecule has 1 aromatic carbocycles. The van der Waals surface area contributed by atoms with Crippen molar-refractivity contribution in [2.45, 2.75) is 44.8 Å². The number of piperidine rings is 1. The van der Waals surface area contributed by atoms with Gasteiger partial charge in [-0.2, -0.15) is 0 Å². The summed E-state index contributed by atoms with van der Waals surface area (Å²) in [6, 6.07) is 7.42. The first-order valence-electron chi connectivity index (χ1n) is 7.62. The molecule has 0 spiro atoms. The zero-order valence-electron chi connectivity index (χ0n) is 12.6. The van der Waals surface area contributed by atoms with Gasteiger partial charge in [0.2, 0.25) is 5.91 Å². The van der Waals surface area contributed by atoms with E-state index in [2.05, 4.69) is 10.2 Å². The van der Waals surface area contributed by atoms with Crippen LogP contribution in [0.3, 0.4) is 0 Å². The van der Waals surface area contributed by atoms with E-state index in [4.69, 9.17) is 5.73 Å². The first-order valence-corrected chi connectivity index (χ1v) is 7.62. The minimum Gasteiger partial charge on any atom is -0.395 e. The summed E-state index contributed by atoms with van der Waals surface area (Å²) >= 11 is 0. The van der Waals surface area contributed by atoms with Crippen molar-refractivity contribution in [2.24, 2.45) is 5.73 Å². The number of nitrogens with two attached hydrogens (primary N) is 1. The third-order valence-electron chi connectivity index (χ3n) is 4.22. The Labute approximate surface area is 126 Å². The Bertz CT molecular complexity index is 461. The molecular formula is C16H25N3O2. The summed E-state index contributed by atoms with van der Waals surface area (Å²) in [4.78, 5) is 14.5. The van der Waals surface area contributed by atoms with Crippen LogP contribution in [0.25, 0.3) is 0 Å². The summed E-state index contributed by atoms with van der Waals surface area (Å²) in [6.07, 6.45) is 3.16. The van der Waals surface area contributed by atoms with E-state index in [1.165, 1.54) is 0 Å². The van der Waals surface area contributed by atoms with Gasteiger partial charge >= 0.3 is 0 Å². The van der Waals surface area contributed by atoms with Gasteiger partial charge in [0, 0.05) is 18.3 Å². The van der Waals surface area contributed by atoms with E-state index in [1.54, 1.807) is 0 Å². The first kappa shape index (κ1) is 15.9. The van der Waals surface area contributed by atoms with Crippen molar-refractivity contribution in [2.75, 3.05) is 18.5 Å². The van der Waals surface area contributed by atoms with Crippen molar-refractivity contribution in [1.82, 2.24) is 4.90 Å². The largest absolute Gasteiger partial charge is 0.395 e. The van der Waals surface area contributed by atoms with Gasteiger partial charge < -0.3 is 16.2 Å². The van der Waals surface area contributed by atoms with Crippen LogP contribution in [0.1, 0.15) is 31.7 Å². The van der Waals surface area contributed by atoms with Gasteiger partial charge in [-0.05, 0) is 44.0 Å². The van der Waals surface area contributed by atoms with Crippen LogP contribution in [-0.4, -0.2) is 41.1 Å². The number of aliphatic hydroxyl groups excluding tert-OH is 1. The molecule has 5 heteroatoms. The van der Waals surface area contributed by atoms with Gasteiger partial charge in [0.05, 0.1) is 12.6 Å². The molecular weight excluding hydrogens is 266 g/mol. The fraction of sp³-hybridized carbons (Fsp3) is 0.562. The lowest BCUT2D eigenvalue weighted by atomic mass is 10.0. The van der Waals surface area contributed by atoms with E-state index in [-0.39, 0.29) is 24.6 Å². The highest BCUT2D eigenvalue weighted by molar-refractivity contribution is 5.94. The normalized spacial score (nSPS) is 21.0. The molecule has 1 heterocycles. The lowest BCUT2D eigenvalue weighted by Crippen LogP contribution is -2.51. The molecule has 0 bridgehead atoms. The molecule has 0 aliphatic carbocycles. The molecule has 1 aromatic rings. The van der Waals surface area contributed by atoms with Crippen molar-refractivity contribution in [3.63, 3.8) is 0 Å². The molecule has 4 N–H and O–H groups in total. The van der Waals surface area contributed by atoms with Crippen molar-refractivity contribution >= 4 is 11.6 Å². The van der Waals surface area contributed by atoms with Crippen LogP contribution >= 0.6 is 0 Å². The average molecular weight is 291 g/mol. The van der Waals surface area contributed by atoms with Crippen LogP contribution < -0.4 is 11.1 Å². The number of carbonyl (C=O) groups excluding carboxylic acids is 1. The third-order valence-corrected chi connectivity index (χ3v) is 4.22. The fourth-order valence-corrected chi connectivity index (χ4v) is 2.85. The molecule has 1 saturated heterocycles. The molecule has 1 aliphatic rings. The number of carbonyl (C=O) groups is 1. The van der Waals surface area contributed by atoms with Gasteiger partial charge in [-0.25, -0.2) is 0 Å². The Morgan fingerprint density at radius 3 is 2.76 bits per heavy atom. The van der Waals surface area contributed by atoms with Crippen LogP contribution in [-0.2, 0) is 11.3 Å². The molecule has 1 fully saturated rings. The molecule has 116 valence electrons. The second-order valence-electron chi connectivity index (χ2n) is 5.64. The summed E-state index contributed by atoms with van der Waals surface area (Å²) in [6.45, 7) is 3.38. The van der Waals surface area contributed by atoms with E-state index in [1.807, 2.05) is 31.2 Å². The molecule has 2 atom stereocenters. The molecule has 2 unspecified atom stereocenters. The Morgan fingerprint density at radius 2 is 2.14 bits per heavy atom. The Kier molecular flexibility index (Phi) is 5.73. The fourth-order valence-electron chi connectivity index (χ4n) is 2.85. The van der Waals surface area contributed by atoms with Crippen molar-refractivity contribution < 1.29 is 9.90 Å². The highest BCUT2D eigenvalue weighted by atomic mass is 16.3. The molecule has 5 nitrogen and oxygen atoms in total. The highest BCUT2D eigenvalue weighted by Gasteiger charge is 2.29. The van der Waals surface area contributed by atoms with Gasteiger partial charge in [0.1, 0.15) is 0 Å². The number of aliphatic hydroxyl groups is 1. The molecule has 0 radical (unpaired) electrons. The van der Waals surface area contributed by atoms with Crippen LogP contribution in [0.15, 0.2) is 24.3 Å². The Morgan fingerprint density at radius 1 is 1.43 bits per heavy atom. The number of amides is 1. The minimum absolute atomic E-state index is 0.0316. The van der Waals surface area contributed by atoms with Crippen molar-refractivity contribution in [3.8, 4) is 0 Å². The van der Waals surface area contributed by atoms with Crippen LogP contribution in [0, 0.1) is 0 Å². The number of hydrogen-bond donors (Lipinski definition) is 3. The molecule has 0 saturated carbocycles.